The standard InChI is InChI=1S/C16H19N3O4S/c1-23-16(22)11-2-6-18(7-3-11)13(20)4-8-19-10-17-14-12(15(19)21)5-9-24-14/h5,9-11H,2-4,6-8H2,1H3. The summed E-state index contributed by atoms with van der Waals surface area (Å²) in [6.45, 7) is 1.41. The molecule has 0 aliphatic carbocycles. The highest BCUT2D eigenvalue weighted by Gasteiger charge is 2.27. The molecule has 0 atom stereocenters. The van der Waals surface area contributed by atoms with E-state index < -0.39 is 0 Å². The van der Waals surface area contributed by atoms with Gasteiger partial charge in [-0.3, -0.25) is 19.0 Å². The SMILES string of the molecule is COC(=O)C1CCN(C(=O)CCn2cnc3sccc3c2=O)CC1. The van der Waals surface area contributed by atoms with E-state index >= 15 is 0 Å². The van der Waals surface area contributed by atoms with Crippen LogP contribution in [0.25, 0.3) is 10.2 Å². The maximum absolute atomic E-state index is 12.3. The van der Waals surface area contributed by atoms with Crippen LogP contribution in [0.4, 0.5) is 0 Å². The monoisotopic (exact) mass is 349 g/mol. The first kappa shape index (κ1) is 16.6. The fraction of sp³-hybridized carbons (Fsp3) is 0.500. The highest BCUT2D eigenvalue weighted by molar-refractivity contribution is 7.16. The van der Waals surface area contributed by atoms with Crippen molar-refractivity contribution in [1.29, 1.82) is 0 Å². The van der Waals surface area contributed by atoms with Gasteiger partial charge in [-0.2, -0.15) is 0 Å². The van der Waals surface area contributed by atoms with Crippen LogP contribution < -0.4 is 5.56 Å². The number of amides is 1. The Labute approximate surface area is 142 Å². The third-order valence-electron chi connectivity index (χ3n) is 4.40. The topological polar surface area (TPSA) is 81.5 Å². The number of aryl methyl sites for hydroxylation is 1. The van der Waals surface area contributed by atoms with Crippen LogP contribution in [-0.2, 0) is 20.9 Å². The van der Waals surface area contributed by atoms with Crippen molar-refractivity contribution in [2.24, 2.45) is 5.92 Å². The van der Waals surface area contributed by atoms with Crippen LogP contribution in [0.15, 0.2) is 22.6 Å². The second kappa shape index (κ2) is 7.12. The predicted molar refractivity (Wildman–Crippen MR) is 89.8 cm³/mol. The highest BCUT2D eigenvalue weighted by Crippen LogP contribution is 2.19. The number of aromatic nitrogens is 2. The van der Waals surface area contributed by atoms with Crippen molar-refractivity contribution in [1.82, 2.24) is 14.5 Å². The van der Waals surface area contributed by atoms with Crippen LogP contribution in [-0.4, -0.2) is 46.5 Å². The van der Waals surface area contributed by atoms with Gasteiger partial charge >= 0.3 is 5.97 Å². The molecule has 1 aliphatic rings. The first-order valence-corrected chi connectivity index (χ1v) is 8.76. The average Bonchev–Trinajstić information content (AvgIpc) is 3.10. The van der Waals surface area contributed by atoms with E-state index in [0.717, 1.165) is 0 Å². The van der Waals surface area contributed by atoms with Gasteiger partial charge in [0.25, 0.3) is 5.56 Å². The molecule has 128 valence electrons. The molecule has 0 unspecified atom stereocenters. The van der Waals surface area contributed by atoms with E-state index in [1.807, 2.05) is 5.38 Å². The smallest absolute Gasteiger partial charge is 0.308 e. The fourth-order valence-corrected chi connectivity index (χ4v) is 3.68. The number of methoxy groups -OCH3 is 1. The average molecular weight is 349 g/mol. The van der Waals surface area contributed by atoms with Crippen molar-refractivity contribution in [3.63, 3.8) is 0 Å². The van der Waals surface area contributed by atoms with E-state index in [4.69, 9.17) is 4.74 Å². The molecule has 0 saturated carbocycles. The van der Waals surface area contributed by atoms with Crippen LogP contribution in [0.1, 0.15) is 19.3 Å². The van der Waals surface area contributed by atoms with Crippen molar-refractivity contribution in [3.8, 4) is 0 Å². The summed E-state index contributed by atoms with van der Waals surface area (Å²) in [5, 5.41) is 2.42. The van der Waals surface area contributed by atoms with Crippen molar-refractivity contribution in [2.45, 2.75) is 25.8 Å². The molecule has 1 saturated heterocycles. The largest absolute Gasteiger partial charge is 0.469 e. The van der Waals surface area contributed by atoms with E-state index in [1.165, 1.54) is 29.3 Å². The number of hydrogen-bond acceptors (Lipinski definition) is 6. The quantitative estimate of drug-likeness (QED) is 0.776. The first-order valence-electron chi connectivity index (χ1n) is 7.88. The van der Waals surface area contributed by atoms with Crippen LogP contribution in [0.5, 0.6) is 0 Å². The summed E-state index contributed by atoms with van der Waals surface area (Å²) in [4.78, 5) is 42.8. The van der Waals surface area contributed by atoms with Gasteiger partial charge in [0.1, 0.15) is 4.83 Å². The third-order valence-corrected chi connectivity index (χ3v) is 5.22. The summed E-state index contributed by atoms with van der Waals surface area (Å²) in [6, 6.07) is 1.76. The minimum atomic E-state index is -0.205. The highest BCUT2D eigenvalue weighted by atomic mass is 32.1. The Bertz CT molecular complexity index is 805. The van der Waals surface area contributed by atoms with Crippen molar-refractivity contribution >= 4 is 33.4 Å². The molecular formula is C16H19N3O4S. The van der Waals surface area contributed by atoms with Crippen LogP contribution >= 0.6 is 11.3 Å². The van der Waals surface area contributed by atoms with E-state index in [9.17, 15) is 14.4 Å². The third kappa shape index (κ3) is 3.33. The molecule has 3 rings (SSSR count). The molecule has 7 nitrogen and oxygen atoms in total. The minimum absolute atomic E-state index is 0.00405. The Morgan fingerprint density at radius 2 is 2.12 bits per heavy atom. The van der Waals surface area contributed by atoms with Crippen LogP contribution in [0, 0.1) is 5.92 Å². The van der Waals surface area contributed by atoms with Gasteiger partial charge in [-0.25, -0.2) is 4.98 Å². The number of hydrogen-bond donors (Lipinski definition) is 0. The molecule has 1 fully saturated rings. The molecule has 2 aromatic heterocycles. The molecule has 8 heteroatoms. The van der Waals surface area contributed by atoms with E-state index in [-0.39, 0.29) is 29.8 Å². The lowest BCUT2D eigenvalue weighted by Gasteiger charge is -2.30. The van der Waals surface area contributed by atoms with Gasteiger partial charge in [-0.15, -0.1) is 11.3 Å². The Balaban J connectivity index is 1.57. The summed E-state index contributed by atoms with van der Waals surface area (Å²) in [6.07, 6.45) is 3.00. The molecule has 0 aromatic carbocycles. The number of carbonyl (C=O) groups is 2. The maximum atomic E-state index is 12.3. The van der Waals surface area contributed by atoms with Gasteiger partial charge in [0.05, 0.1) is 24.7 Å². The summed E-state index contributed by atoms with van der Waals surface area (Å²) in [5.41, 5.74) is -0.113. The molecule has 0 bridgehead atoms. The summed E-state index contributed by atoms with van der Waals surface area (Å²) < 4.78 is 6.23. The van der Waals surface area contributed by atoms with Gasteiger partial charge in [-0.1, -0.05) is 0 Å². The van der Waals surface area contributed by atoms with Crippen molar-refractivity contribution < 1.29 is 14.3 Å². The number of carbonyl (C=O) groups excluding carboxylic acids is 2. The van der Waals surface area contributed by atoms with Crippen LogP contribution in [0.3, 0.4) is 0 Å². The molecule has 24 heavy (non-hydrogen) atoms. The zero-order valence-electron chi connectivity index (χ0n) is 13.4. The van der Waals surface area contributed by atoms with Gasteiger partial charge in [0.2, 0.25) is 5.91 Å². The van der Waals surface area contributed by atoms with E-state index in [1.54, 1.807) is 11.0 Å². The Hall–Kier alpha value is -2.22. The zero-order valence-corrected chi connectivity index (χ0v) is 14.3. The molecule has 0 N–H and O–H groups in total. The van der Waals surface area contributed by atoms with Gasteiger partial charge in [0.15, 0.2) is 0 Å². The number of likely N-dealkylation sites (tertiary alicyclic amines) is 1. The predicted octanol–water partition coefficient (Wildman–Crippen LogP) is 1.26. The second-order valence-corrected chi connectivity index (χ2v) is 6.71. The number of fused-ring (bicyclic) bond motifs is 1. The van der Waals surface area contributed by atoms with Crippen molar-refractivity contribution in [3.05, 3.63) is 28.1 Å². The molecular weight excluding hydrogens is 330 g/mol. The number of esters is 1. The Kier molecular flexibility index (Phi) is 4.94. The molecule has 0 spiro atoms. The van der Waals surface area contributed by atoms with Gasteiger partial charge in [-0.05, 0) is 24.3 Å². The molecule has 1 aliphatic heterocycles. The minimum Gasteiger partial charge on any atom is -0.469 e. The summed E-state index contributed by atoms with van der Waals surface area (Å²) in [7, 11) is 1.38. The number of ether oxygens (including phenoxy) is 1. The Morgan fingerprint density at radius 3 is 2.83 bits per heavy atom. The summed E-state index contributed by atoms with van der Waals surface area (Å²) >= 11 is 1.42. The second-order valence-electron chi connectivity index (χ2n) is 5.81. The number of piperidine rings is 1. The molecule has 3 heterocycles. The number of nitrogens with zero attached hydrogens (tertiary/aromatic N) is 3. The van der Waals surface area contributed by atoms with Crippen LogP contribution in [0.2, 0.25) is 0 Å². The lowest BCUT2D eigenvalue weighted by molar-refractivity contribution is -0.148. The van der Waals surface area contributed by atoms with Gasteiger partial charge < -0.3 is 9.64 Å². The number of rotatable bonds is 4. The summed E-state index contributed by atoms with van der Waals surface area (Å²) in [5.74, 6) is -0.328. The zero-order chi connectivity index (χ0) is 17.1. The molecule has 2 aromatic rings. The number of thiophene rings is 1. The molecule has 1 amide bonds. The van der Waals surface area contributed by atoms with E-state index in [2.05, 4.69) is 4.98 Å². The maximum Gasteiger partial charge on any atom is 0.308 e. The molecule has 0 radical (unpaired) electrons. The lowest BCUT2D eigenvalue weighted by Crippen LogP contribution is -2.41. The normalized spacial score (nSPS) is 15.6. The fourth-order valence-electron chi connectivity index (χ4n) is 2.96. The van der Waals surface area contributed by atoms with E-state index in [0.29, 0.717) is 42.7 Å². The lowest BCUT2D eigenvalue weighted by atomic mass is 9.97. The van der Waals surface area contributed by atoms with Crippen molar-refractivity contribution in [2.75, 3.05) is 20.2 Å². The van der Waals surface area contributed by atoms with Gasteiger partial charge in [0, 0.05) is 26.1 Å². The first-order chi connectivity index (χ1) is 11.6. The Morgan fingerprint density at radius 1 is 1.38 bits per heavy atom.